The Hall–Kier alpha value is -3.06. The molecule has 0 saturated carbocycles. The third-order valence-electron chi connectivity index (χ3n) is 4.55. The molecule has 1 aliphatic heterocycles. The molecule has 0 amide bonds. The Balaban J connectivity index is 1.53. The molecule has 0 unspecified atom stereocenters. The van der Waals surface area contributed by atoms with E-state index >= 15 is 0 Å². The summed E-state index contributed by atoms with van der Waals surface area (Å²) in [5, 5.41) is 4.02. The van der Waals surface area contributed by atoms with Gasteiger partial charge >= 0.3 is 0 Å². The lowest BCUT2D eigenvalue weighted by molar-refractivity contribution is 0.241. The van der Waals surface area contributed by atoms with Crippen LogP contribution >= 0.6 is 0 Å². The Morgan fingerprint density at radius 2 is 2.08 bits per heavy atom. The van der Waals surface area contributed by atoms with Gasteiger partial charge in [-0.2, -0.15) is 5.10 Å². The van der Waals surface area contributed by atoms with Crippen molar-refractivity contribution in [3.63, 3.8) is 0 Å². The molecule has 3 heterocycles. The van der Waals surface area contributed by atoms with E-state index in [2.05, 4.69) is 37.1 Å². The van der Waals surface area contributed by atoms with Gasteiger partial charge in [-0.25, -0.2) is 14.6 Å². The molecule has 0 saturated heterocycles. The number of hydrogen-bond donors (Lipinski definition) is 1. The first-order chi connectivity index (χ1) is 12.7. The molecule has 2 aromatic heterocycles. The van der Waals surface area contributed by atoms with Crippen molar-refractivity contribution in [2.45, 2.75) is 19.5 Å². The van der Waals surface area contributed by atoms with Crippen LogP contribution in [-0.2, 0) is 26.6 Å². The van der Waals surface area contributed by atoms with E-state index in [9.17, 15) is 4.79 Å². The van der Waals surface area contributed by atoms with Crippen LogP contribution in [0.3, 0.4) is 0 Å². The van der Waals surface area contributed by atoms with Gasteiger partial charge in [0, 0.05) is 33.1 Å². The first-order valence-electron chi connectivity index (χ1n) is 8.59. The van der Waals surface area contributed by atoms with Gasteiger partial charge in [-0.15, -0.1) is 0 Å². The van der Waals surface area contributed by atoms with Crippen molar-refractivity contribution >= 4 is 12.2 Å². The Kier molecular flexibility index (Phi) is 4.45. The molecule has 1 aromatic carbocycles. The number of fused-ring (bicyclic) bond motifs is 1. The average molecular weight is 348 g/mol. The predicted molar refractivity (Wildman–Crippen MR) is 99.0 cm³/mol. The van der Waals surface area contributed by atoms with E-state index in [1.807, 2.05) is 25.2 Å². The van der Waals surface area contributed by atoms with Crippen molar-refractivity contribution in [2.75, 3.05) is 6.54 Å². The zero-order chi connectivity index (χ0) is 17.9. The molecule has 0 spiro atoms. The van der Waals surface area contributed by atoms with Crippen LogP contribution in [0.1, 0.15) is 28.5 Å². The van der Waals surface area contributed by atoms with Crippen LogP contribution in [0.5, 0.6) is 0 Å². The molecule has 0 atom stereocenters. The largest absolute Gasteiger partial charge is 0.307 e. The van der Waals surface area contributed by atoms with E-state index in [1.54, 1.807) is 16.8 Å². The van der Waals surface area contributed by atoms with E-state index in [0.717, 1.165) is 30.8 Å². The van der Waals surface area contributed by atoms with Crippen molar-refractivity contribution in [1.29, 1.82) is 0 Å². The zero-order valence-electron chi connectivity index (χ0n) is 14.6. The van der Waals surface area contributed by atoms with E-state index in [0.29, 0.717) is 18.2 Å². The second-order valence-corrected chi connectivity index (χ2v) is 6.40. The molecule has 1 aliphatic rings. The quantitative estimate of drug-likeness (QED) is 0.775. The summed E-state index contributed by atoms with van der Waals surface area (Å²) in [5.74, 6) is 1.26. The molecule has 26 heavy (non-hydrogen) atoms. The SMILES string of the molecule is Cn1ncnc1C=Cc1nc2c(c(=O)[nH]1)CN(Cc1ccccc1)CC2. The number of benzene rings is 1. The van der Waals surface area contributed by atoms with Gasteiger partial charge in [-0.3, -0.25) is 9.69 Å². The summed E-state index contributed by atoms with van der Waals surface area (Å²) in [6.45, 7) is 2.36. The summed E-state index contributed by atoms with van der Waals surface area (Å²) in [6.07, 6.45) is 5.82. The molecule has 4 rings (SSSR count). The number of aromatic amines is 1. The van der Waals surface area contributed by atoms with Crippen LogP contribution < -0.4 is 5.56 Å². The van der Waals surface area contributed by atoms with Crippen molar-refractivity contribution < 1.29 is 0 Å². The van der Waals surface area contributed by atoms with Crippen molar-refractivity contribution in [1.82, 2.24) is 29.6 Å². The number of H-pyrrole nitrogens is 1. The van der Waals surface area contributed by atoms with Gasteiger partial charge in [0.1, 0.15) is 12.2 Å². The number of nitrogens with zero attached hydrogens (tertiary/aromatic N) is 5. The Labute approximate surface area is 151 Å². The summed E-state index contributed by atoms with van der Waals surface area (Å²) in [6, 6.07) is 10.3. The molecule has 0 fully saturated rings. The highest BCUT2D eigenvalue weighted by atomic mass is 16.1. The second-order valence-electron chi connectivity index (χ2n) is 6.40. The van der Waals surface area contributed by atoms with Gasteiger partial charge in [-0.05, 0) is 17.7 Å². The third-order valence-corrected chi connectivity index (χ3v) is 4.55. The number of nitrogens with one attached hydrogen (secondary N) is 1. The van der Waals surface area contributed by atoms with Crippen LogP contribution in [0.2, 0.25) is 0 Å². The van der Waals surface area contributed by atoms with Crippen LogP contribution in [0.4, 0.5) is 0 Å². The molecular weight excluding hydrogens is 328 g/mol. The minimum Gasteiger partial charge on any atom is -0.307 e. The molecule has 0 bridgehead atoms. The minimum absolute atomic E-state index is 0.0645. The lowest BCUT2D eigenvalue weighted by Crippen LogP contribution is -2.35. The fraction of sp³-hybridized carbons (Fsp3) is 0.263. The van der Waals surface area contributed by atoms with Gasteiger partial charge < -0.3 is 4.98 Å². The topological polar surface area (TPSA) is 79.7 Å². The molecule has 7 nitrogen and oxygen atoms in total. The van der Waals surface area contributed by atoms with Crippen LogP contribution in [0, 0.1) is 0 Å². The number of aryl methyl sites for hydroxylation is 1. The highest BCUT2D eigenvalue weighted by molar-refractivity contribution is 5.62. The second kappa shape index (κ2) is 7.05. The standard InChI is InChI=1S/C19H20N6O/c1-24-18(20-13-21-24)8-7-17-22-16-9-10-25(12-15(16)19(26)23-17)11-14-5-3-2-4-6-14/h2-8,13H,9-12H2,1H3,(H,22,23,26). The maximum Gasteiger partial charge on any atom is 0.255 e. The Bertz CT molecular complexity index is 989. The van der Waals surface area contributed by atoms with E-state index in [4.69, 9.17) is 0 Å². The zero-order valence-corrected chi connectivity index (χ0v) is 14.6. The highest BCUT2D eigenvalue weighted by Crippen LogP contribution is 2.16. The van der Waals surface area contributed by atoms with Crippen molar-refractivity contribution in [3.05, 3.63) is 75.5 Å². The molecule has 0 radical (unpaired) electrons. The molecule has 3 aromatic rings. The van der Waals surface area contributed by atoms with Crippen molar-refractivity contribution in [3.8, 4) is 0 Å². The van der Waals surface area contributed by atoms with Crippen LogP contribution in [-0.4, -0.2) is 36.2 Å². The molecule has 0 aliphatic carbocycles. The summed E-state index contributed by atoms with van der Waals surface area (Å²) in [5.41, 5.74) is 2.84. The van der Waals surface area contributed by atoms with Crippen LogP contribution in [0.25, 0.3) is 12.2 Å². The minimum atomic E-state index is -0.0645. The fourth-order valence-electron chi connectivity index (χ4n) is 3.17. The first kappa shape index (κ1) is 16.4. The molecule has 1 N–H and O–H groups in total. The predicted octanol–water partition coefficient (Wildman–Crippen LogP) is 1.63. The number of aromatic nitrogens is 5. The number of rotatable bonds is 4. The summed E-state index contributed by atoms with van der Waals surface area (Å²) in [4.78, 5) is 26.4. The van der Waals surface area contributed by atoms with E-state index < -0.39 is 0 Å². The fourth-order valence-corrected chi connectivity index (χ4v) is 3.17. The van der Waals surface area contributed by atoms with Gasteiger partial charge in [0.25, 0.3) is 5.56 Å². The summed E-state index contributed by atoms with van der Waals surface area (Å²) >= 11 is 0. The summed E-state index contributed by atoms with van der Waals surface area (Å²) < 4.78 is 1.66. The van der Waals surface area contributed by atoms with Gasteiger partial charge in [0.2, 0.25) is 0 Å². The van der Waals surface area contributed by atoms with Crippen LogP contribution in [0.15, 0.2) is 41.5 Å². The monoisotopic (exact) mass is 348 g/mol. The van der Waals surface area contributed by atoms with E-state index in [1.165, 1.54) is 11.9 Å². The normalized spacial score (nSPS) is 14.7. The van der Waals surface area contributed by atoms with Gasteiger partial charge in [-0.1, -0.05) is 30.3 Å². The summed E-state index contributed by atoms with van der Waals surface area (Å²) in [7, 11) is 1.82. The molecular formula is C19H20N6O. The average Bonchev–Trinajstić information content (AvgIpc) is 3.06. The maximum atomic E-state index is 12.5. The third kappa shape index (κ3) is 3.48. The highest BCUT2D eigenvalue weighted by Gasteiger charge is 2.20. The smallest absolute Gasteiger partial charge is 0.255 e. The number of hydrogen-bond acceptors (Lipinski definition) is 5. The van der Waals surface area contributed by atoms with Gasteiger partial charge in [0.05, 0.1) is 11.3 Å². The Morgan fingerprint density at radius 1 is 1.23 bits per heavy atom. The first-order valence-corrected chi connectivity index (χ1v) is 8.59. The lowest BCUT2D eigenvalue weighted by atomic mass is 10.1. The van der Waals surface area contributed by atoms with Crippen molar-refractivity contribution in [2.24, 2.45) is 7.05 Å². The molecule has 7 heteroatoms. The molecule has 132 valence electrons. The maximum absolute atomic E-state index is 12.5. The van der Waals surface area contributed by atoms with Gasteiger partial charge in [0.15, 0.2) is 5.82 Å². The lowest BCUT2D eigenvalue weighted by Gasteiger charge is -2.27. The Morgan fingerprint density at radius 3 is 2.85 bits per heavy atom. The van der Waals surface area contributed by atoms with E-state index in [-0.39, 0.29) is 5.56 Å².